The summed E-state index contributed by atoms with van der Waals surface area (Å²) in [5.41, 5.74) is 0.423. The fraction of sp³-hybridized carbons (Fsp3) is 0.333. The normalized spacial score (nSPS) is 13.6. The Hall–Kier alpha value is -2.14. The number of nitrogens with zero attached hydrogens (tertiary/aromatic N) is 3. The number of rotatable bonds is 5. The fourth-order valence-electron chi connectivity index (χ4n) is 1.93. The first-order valence-electron chi connectivity index (χ1n) is 6.50. The first-order valence-corrected chi connectivity index (χ1v) is 6.50. The molecular weight excluding hydrogens is 252 g/mol. The molecule has 1 aromatic heterocycles. The van der Waals surface area contributed by atoms with Crippen LogP contribution in [0.4, 0.5) is 11.8 Å². The first kappa shape index (κ1) is 14.3. The van der Waals surface area contributed by atoms with Gasteiger partial charge in [-0.2, -0.15) is 4.98 Å². The maximum Gasteiger partial charge on any atom is 0.226 e. The minimum absolute atomic E-state index is 0.0295. The quantitative estimate of drug-likeness (QED) is 0.870. The summed E-state index contributed by atoms with van der Waals surface area (Å²) >= 11 is 0. The molecule has 106 valence electrons. The average Bonchev–Trinajstić information content (AvgIpc) is 2.48. The van der Waals surface area contributed by atoms with Crippen LogP contribution >= 0.6 is 0 Å². The molecule has 2 rings (SSSR count). The van der Waals surface area contributed by atoms with Crippen LogP contribution in [0.15, 0.2) is 42.6 Å². The Morgan fingerprint density at radius 2 is 1.90 bits per heavy atom. The highest BCUT2D eigenvalue weighted by molar-refractivity contribution is 5.45. The molecule has 2 aromatic rings. The van der Waals surface area contributed by atoms with Crippen molar-refractivity contribution in [3.63, 3.8) is 0 Å². The highest BCUT2D eigenvalue weighted by atomic mass is 16.3. The highest BCUT2D eigenvalue weighted by Crippen LogP contribution is 2.25. The predicted molar refractivity (Wildman–Crippen MR) is 80.9 cm³/mol. The second-order valence-electron chi connectivity index (χ2n) is 5.12. The second-order valence-corrected chi connectivity index (χ2v) is 5.12. The summed E-state index contributed by atoms with van der Waals surface area (Å²) in [4.78, 5) is 10.4. The molecule has 1 atom stereocenters. The lowest BCUT2D eigenvalue weighted by Gasteiger charge is -2.30. The number of benzene rings is 1. The van der Waals surface area contributed by atoms with Crippen LogP contribution in [0.5, 0.6) is 0 Å². The zero-order valence-electron chi connectivity index (χ0n) is 12.0. The van der Waals surface area contributed by atoms with Gasteiger partial charge in [-0.15, -0.1) is 0 Å². The fourth-order valence-corrected chi connectivity index (χ4v) is 1.93. The van der Waals surface area contributed by atoms with Gasteiger partial charge in [-0.05, 0) is 18.6 Å². The Kier molecular flexibility index (Phi) is 4.20. The van der Waals surface area contributed by atoms with E-state index in [0.717, 1.165) is 5.56 Å². The summed E-state index contributed by atoms with van der Waals surface area (Å²) < 4.78 is 0. The lowest BCUT2D eigenvalue weighted by atomic mass is 9.93. The number of anilines is 2. The van der Waals surface area contributed by atoms with Gasteiger partial charge in [0.1, 0.15) is 5.82 Å². The molecule has 2 N–H and O–H groups in total. The number of hydrogen-bond acceptors (Lipinski definition) is 5. The molecule has 20 heavy (non-hydrogen) atoms. The smallest absolute Gasteiger partial charge is 0.226 e. The van der Waals surface area contributed by atoms with Crippen LogP contribution in [-0.4, -0.2) is 35.8 Å². The molecule has 0 saturated heterocycles. The summed E-state index contributed by atoms with van der Waals surface area (Å²) in [5, 5.41) is 13.1. The molecule has 0 amide bonds. The molecule has 1 unspecified atom stereocenters. The molecule has 0 saturated carbocycles. The van der Waals surface area contributed by atoms with Crippen molar-refractivity contribution in [2.24, 2.45) is 0 Å². The van der Waals surface area contributed by atoms with Crippen molar-refractivity contribution in [2.75, 3.05) is 30.9 Å². The van der Waals surface area contributed by atoms with Crippen molar-refractivity contribution in [3.8, 4) is 0 Å². The standard InChI is InChI=1S/C15H20N4O/c1-15(11-20,12-7-5-4-6-8-12)18-13-9-10-16-14(17-13)19(2)3/h4-10,20H,11H2,1-3H3,(H,16,17,18). The predicted octanol–water partition coefficient (Wildman–Crippen LogP) is 1.86. The third-order valence-electron chi connectivity index (χ3n) is 3.17. The molecule has 5 heteroatoms. The van der Waals surface area contributed by atoms with E-state index in [1.54, 1.807) is 12.3 Å². The highest BCUT2D eigenvalue weighted by Gasteiger charge is 2.26. The average molecular weight is 272 g/mol. The van der Waals surface area contributed by atoms with E-state index in [0.29, 0.717) is 11.8 Å². The Balaban J connectivity index is 2.28. The SMILES string of the molecule is CN(C)c1nccc(NC(C)(CO)c2ccccc2)n1. The molecule has 0 radical (unpaired) electrons. The Bertz CT molecular complexity index is 559. The molecule has 0 fully saturated rings. The minimum Gasteiger partial charge on any atom is -0.394 e. The topological polar surface area (TPSA) is 61.3 Å². The molecule has 0 aliphatic carbocycles. The maximum atomic E-state index is 9.76. The van der Waals surface area contributed by atoms with Crippen LogP contribution in [0.3, 0.4) is 0 Å². The van der Waals surface area contributed by atoms with Crippen molar-refractivity contribution in [2.45, 2.75) is 12.5 Å². The van der Waals surface area contributed by atoms with Crippen molar-refractivity contribution in [3.05, 3.63) is 48.2 Å². The van der Waals surface area contributed by atoms with Crippen molar-refractivity contribution >= 4 is 11.8 Å². The number of aliphatic hydroxyl groups is 1. The van der Waals surface area contributed by atoms with Crippen LogP contribution in [0, 0.1) is 0 Å². The lowest BCUT2D eigenvalue weighted by molar-refractivity contribution is 0.223. The van der Waals surface area contributed by atoms with Crippen molar-refractivity contribution < 1.29 is 5.11 Å². The summed E-state index contributed by atoms with van der Waals surface area (Å²) in [6.45, 7) is 1.91. The zero-order chi connectivity index (χ0) is 14.6. The summed E-state index contributed by atoms with van der Waals surface area (Å²) in [5.74, 6) is 1.31. The number of hydrogen-bond donors (Lipinski definition) is 2. The molecule has 5 nitrogen and oxygen atoms in total. The first-order chi connectivity index (χ1) is 9.55. The van der Waals surface area contributed by atoms with Gasteiger partial charge in [0.2, 0.25) is 5.95 Å². The largest absolute Gasteiger partial charge is 0.394 e. The molecule has 1 heterocycles. The van der Waals surface area contributed by atoms with E-state index in [1.165, 1.54) is 0 Å². The number of nitrogens with one attached hydrogen (secondary N) is 1. The van der Waals surface area contributed by atoms with Crippen molar-refractivity contribution in [1.29, 1.82) is 0 Å². The molecule has 0 bridgehead atoms. The lowest BCUT2D eigenvalue weighted by Crippen LogP contribution is -2.36. The van der Waals surface area contributed by atoms with Gasteiger partial charge in [-0.25, -0.2) is 4.98 Å². The van der Waals surface area contributed by atoms with E-state index in [4.69, 9.17) is 0 Å². The van der Waals surface area contributed by atoms with Gasteiger partial charge >= 0.3 is 0 Å². The Labute approximate surface area is 119 Å². The summed E-state index contributed by atoms with van der Waals surface area (Å²) in [7, 11) is 3.78. The van der Waals surface area contributed by atoms with Crippen LogP contribution in [-0.2, 0) is 5.54 Å². The van der Waals surface area contributed by atoms with E-state index in [1.807, 2.05) is 56.3 Å². The monoisotopic (exact) mass is 272 g/mol. The van der Waals surface area contributed by atoms with E-state index >= 15 is 0 Å². The van der Waals surface area contributed by atoms with Gasteiger partial charge in [0.25, 0.3) is 0 Å². The molecule has 1 aromatic carbocycles. The molecular formula is C15H20N4O. The zero-order valence-corrected chi connectivity index (χ0v) is 12.0. The van der Waals surface area contributed by atoms with Crippen LogP contribution in [0.2, 0.25) is 0 Å². The van der Waals surface area contributed by atoms with Crippen molar-refractivity contribution in [1.82, 2.24) is 9.97 Å². The molecule has 0 spiro atoms. The van der Waals surface area contributed by atoms with E-state index in [2.05, 4.69) is 15.3 Å². The second kappa shape index (κ2) is 5.88. The van der Waals surface area contributed by atoms with Crippen LogP contribution in [0.1, 0.15) is 12.5 Å². The maximum absolute atomic E-state index is 9.76. The summed E-state index contributed by atoms with van der Waals surface area (Å²) in [6, 6.07) is 11.6. The summed E-state index contributed by atoms with van der Waals surface area (Å²) in [6.07, 6.45) is 1.70. The third-order valence-corrected chi connectivity index (χ3v) is 3.17. The number of aliphatic hydroxyl groups excluding tert-OH is 1. The van der Waals surface area contributed by atoms with Gasteiger partial charge in [-0.1, -0.05) is 30.3 Å². The van der Waals surface area contributed by atoms with Gasteiger partial charge in [0, 0.05) is 20.3 Å². The van der Waals surface area contributed by atoms with E-state index in [9.17, 15) is 5.11 Å². The van der Waals surface area contributed by atoms with Gasteiger partial charge in [0.15, 0.2) is 0 Å². The Morgan fingerprint density at radius 3 is 2.50 bits per heavy atom. The van der Waals surface area contributed by atoms with Gasteiger partial charge < -0.3 is 15.3 Å². The third kappa shape index (κ3) is 3.05. The minimum atomic E-state index is -0.584. The van der Waals surface area contributed by atoms with Crippen LogP contribution < -0.4 is 10.2 Å². The van der Waals surface area contributed by atoms with Gasteiger partial charge in [0.05, 0.1) is 12.1 Å². The molecule has 0 aliphatic heterocycles. The molecule has 0 aliphatic rings. The van der Waals surface area contributed by atoms with Gasteiger partial charge in [-0.3, -0.25) is 0 Å². The van der Waals surface area contributed by atoms with E-state index in [-0.39, 0.29) is 6.61 Å². The van der Waals surface area contributed by atoms with Crippen LogP contribution in [0.25, 0.3) is 0 Å². The Morgan fingerprint density at radius 1 is 1.20 bits per heavy atom. The number of aromatic nitrogens is 2. The van der Waals surface area contributed by atoms with E-state index < -0.39 is 5.54 Å².